The van der Waals surface area contributed by atoms with Crippen molar-refractivity contribution in [2.75, 3.05) is 6.61 Å². The second-order valence-electron chi connectivity index (χ2n) is 17.9. The van der Waals surface area contributed by atoms with Crippen LogP contribution in [0.1, 0.15) is 88.4 Å². The van der Waals surface area contributed by atoms with Gasteiger partial charge in [0.05, 0.1) is 24.2 Å². The molecule has 60 heavy (non-hydrogen) atoms. The van der Waals surface area contributed by atoms with E-state index in [0.29, 0.717) is 30.9 Å². The second kappa shape index (κ2) is 15.1. The Morgan fingerprint density at radius 1 is 0.983 bits per heavy atom. The van der Waals surface area contributed by atoms with Crippen molar-refractivity contribution in [1.29, 1.82) is 0 Å². The molecule has 2 saturated heterocycles. The maximum Gasteiger partial charge on any atom is 0.340 e. The smallest absolute Gasteiger partial charge is 0.340 e. The van der Waals surface area contributed by atoms with Gasteiger partial charge in [0.2, 0.25) is 0 Å². The molecule has 7 rings (SSSR count). The standard InChI is InChI=1S/C45H53F2NO12/c1-9-30-57-32-31-24(2)28(56-39(52)42(7,53)38(43(8,46)47)48-36(50)26-16-12-10-13-17-26)22-45(54,40(31,4)5)35(59-37(51)27-18-14-11-15-19-27)33-41(6,34(32)58-30)21-20-29-44(33,23-55-29)60-25(3)49/h9-19,28-30,32-35,38,53-54H,1,20-23H2,2-8H3,(H,48,50)/t28-,29+,30+,32+,33-,34+,35-,38+,41+,42+,44-,45+/m0/s1. The van der Waals surface area contributed by atoms with Crippen LogP contribution < -0.4 is 5.32 Å². The molecule has 2 saturated carbocycles. The Morgan fingerprint density at radius 2 is 1.60 bits per heavy atom. The van der Waals surface area contributed by atoms with E-state index in [1.54, 1.807) is 57.2 Å². The highest BCUT2D eigenvalue weighted by atomic mass is 19.3. The predicted octanol–water partition coefficient (Wildman–Crippen LogP) is 5.23. The molecule has 0 spiro atoms. The lowest BCUT2D eigenvalue weighted by Gasteiger charge is -2.68. The van der Waals surface area contributed by atoms with Crippen LogP contribution in [0.25, 0.3) is 0 Å². The van der Waals surface area contributed by atoms with Crippen LogP contribution in [0.5, 0.6) is 0 Å². The molecular formula is C45H53F2NO12. The summed E-state index contributed by atoms with van der Waals surface area (Å²) >= 11 is 0. The zero-order valence-electron chi connectivity index (χ0n) is 34.7. The molecule has 0 radical (unpaired) electrons. The Bertz CT molecular complexity index is 2070. The molecule has 12 atom stereocenters. The summed E-state index contributed by atoms with van der Waals surface area (Å²) < 4.78 is 68.8. The van der Waals surface area contributed by atoms with Crippen LogP contribution in [0.2, 0.25) is 0 Å². The van der Waals surface area contributed by atoms with Crippen LogP contribution in [-0.4, -0.2) is 106 Å². The number of amides is 1. The van der Waals surface area contributed by atoms with Gasteiger partial charge in [0.15, 0.2) is 17.5 Å². The normalized spacial score (nSPS) is 35.6. The summed E-state index contributed by atoms with van der Waals surface area (Å²) in [5.74, 6) is -8.82. The fraction of sp³-hybridized carbons (Fsp3) is 0.556. The van der Waals surface area contributed by atoms with Crippen molar-refractivity contribution in [3.63, 3.8) is 0 Å². The number of carbonyl (C=O) groups is 4. The predicted molar refractivity (Wildman–Crippen MR) is 209 cm³/mol. The molecule has 15 heteroatoms. The Labute approximate surface area is 347 Å². The number of nitrogens with one attached hydrogen (secondary N) is 1. The summed E-state index contributed by atoms with van der Waals surface area (Å²) in [5.41, 5.74) is -8.16. The monoisotopic (exact) mass is 837 g/mol. The van der Waals surface area contributed by atoms with Crippen LogP contribution >= 0.6 is 0 Å². The van der Waals surface area contributed by atoms with Gasteiger partial charge in [-0.2, -0.15) is 0 Å². The van der Waals surface area contributed by atoms with E-state index in [4.69, 9.17) is 28.4 Å². The highest BCUT2D eigenvalue weighted by Gasteiger charge is 2.77. The third kappa shape index (κ3) is 6.86. The van der Waals surface area contributed by atoms with Crippen molar-refractivity contribution in [2.45, 2.75) is 133 Å². The molecule has 5 aliphatic rings. The van der Waals surface area contributed by atoms with Crippen molar-refractivity contribution >= 4 is 23.8 Å². The zero-order valence-corrected chi connectivity index (χ0v) is 34.7. The Kier molecular flexibility index (Phi) is 11.0. The summed E-state index contributed by atoms with van der Waals surface area (Å²) in [7, 11) is 0. The third-order valence-electron chi connectivity index (χ3n) is 13.8. The molecule has 4 fully saturated rings. The van der Waals surface area contributed by atoms with Crippen molar-refractivity contribution in [2.24, 2.45) is 16.7 Å². The maximum absolute atomic E-state index is 15.4. The van der Waals surface area contributed by atoms with Gasteiger partial charge in [0.25, 0.3) is 11.8 Å². The minimum Gasteiger partial charge on any atom is -0.456 e. The highest BCUT2D eigenvalue weighted by Crippen LogP contribution is 2.66. The van der Waals surface area contributed by atoms with Gasteiger partial charge in [-0.25, -0.2) is 18.4 Å². The molecule has 0 unspecified atom stereocenters. The number of alkyl halides is 2. The van der Waals surface area contributed by atoms with Gasteiger partial charge in [0, 0.05) is 36.7 Å². The molecule has 0 aromatic heterocycles. The fourth-order valence-corrected chi connectivity index (χ4v) is 10.7. The number of hydrogen-bond donors (Lipinski definition) is 3. The zero-order chi connectivity index (χ0) is 43.8. The Hall–Kier alpha value is -4.54. The number of hydrogen-bond acceptors (Lipinski definition) is 12. The first kappa shape index (κ1) is 43.5. The van der Waals surface area contributed by atoms with Crippen molar-refractivity contribution < 1.29 is 66.6 Å². The minimum absolute atomic E-state index is 0.0102. The molecule has 1 amide bonds. The first-order valence-electron chi connectivity index (χ1n) is 20.1. The number of halogens is 2. The van der Waals surface area contributed by atoms with E-state index in [2.05, 4.69) is 11.9 Å². The van der Waals surface area contributed by atoms with E-state index < -0.39 is 113 Å². The number of benzene rings is 2. The number of ether oxygens (including phenoxy) is 6. The van der Waals surface area contributed by atoms with Gasteiger partial charge in [-0.1, -0.05) is 63.7 Å². The van der Waals surface area contributed by atoms with Gasteiger partial charge >= 0.3 is 17.9 Å². The maximum atomic E-state index is 15.4. The first-order chi connectivity index (χ1) is 28.0. The van der Waals surface area contributed by atoms with E-state index >= 15 is 8.78 Å². The molecule has 13 nitrogen and oxygen atoms in total. The molecular weight excluding hydrogens is 784 g/mol. The summed E-state index contributed by atoms with van der Waals surface area (Å²) in [4.78, 5) is 54.7. The summed E-state index contributed by atoms with van der Waals surface area (Å²) in [6.45, 7) is 13.4. The van der Waals surface area contributed by atoms with Gasteiger partial charge in [-0.3, -0.25) is 9.59 Å². The summed E-state index contributed by atoms with van der Waals surface area (Å²) in [6, 6.07) is 13.1. The van der Waals surface area contributed by atoms with Crippen LogP contribution in [0.15, 0.2) is 84.5 Å². The van der Waals surface area contributed by atoms with Gasteiger partial charge in [0.1, 0.15) is 36.1 Å². The number of fused-ring (bicyclic) bond motifs is 8. The van der Waals surface area contributed by atoms with E-state index in [-0.39, 0.29) is 17.7 Å². The molecule has 3 N–H and O–H groups in total. The topological polar surface area (TPSA) is 176 Å². The van der Waals surface area contributed by atoms with Gasteiger partial charge in [-0.15, -0.1) is 0 Å². The van der Waals surface area contributed by atoms with Crippen LogP contribution in [0.3, 0.4) is 0 Å². The van der Waals surface area contributed by atoms with E-state index in [1.165, 1.54) is 37.3 Å². The molecule has 2 heterocycles. The molecule has 2 aromatic carbocycles. The van der Waals surface area contributed by atoms with Crippen LogP contribution in [0, 0.1) is 16.7 Å². The van der Waals surface area contributed by atoms with Gasteiger partial charge in [-0.05, 0) is 68.2 Å². The molecule has 324 valence electrons. The molecule has 2 aliphatic heterocycles. The number of rotatable bonds is 10. The summed E-state index contributed by atoms with van der Waals surface area (Å²) in [5, 5.41) is 27.5. The fourth-order valence-electron chi connectivity index (χ4n) is 10.7. The van der Waals surface area contributed by atoms with Crippen LogP contribution in [-0.2, 0) is 38.0 Å². The molecule has 2 aromatic rings. The largest absolute Gasteiger partial charge is 0.456 e. The highest BCUT2D eigenvalue weighted by molar-refractivity contribution is 5.95. The first-order valence-corrected chi connectivity index (χ1v) is 20.1. The van der Waals surface area contributed by atoms with E-state index in [9.17, 15) is 29.4 Å². The average molecular weight is 838 g/mol. The van der Waals surface area contributed by atoms with E-state index in [1.807, 2.05) is 6.92 Å². The Balaban J connectivity index is 1.38. The van der Waals surface area contributed by atoms with Crippen molar-refractivity contribution in [1.82, 2.24) is 5.32 Å². The van der Waals surface area contributed by atoms with Crippen LogP contribution in [0.4, 0.5) is 8.78 Å². The van der Waals surface area contributed by atoms with Crippen molar-refractivity contribution in [3.8, 4) is 0 Å². The average Bonchev–Trinajstić information content (AvgIpc) is 3.61. The lowest BCUT2D eigenvalue weighted by molar-refractivity contribution is -0.345. The summed E-state index contributed by atoms with van der Waals surface area (Å²) in [6.07, 6.45) is -4.62. The Morgan fingerprint density at radius 3 is 2.15 bits per heavy atom. The molecule has 3 aliphatic carbocycles. The van der Waals surface area contributed by atoms with E-state index in [0.717, 1.165) is 6.92 Å². The SMILES string of the molecule is C=C[C@@H]1O[C@@H]2C3=C(C)[C@@H](OC(=O)[C@](C)(O)[C@@H](NC(=O)c4ccccc4)C(C)(F)F)C[C@@](O)([C@@H](OC(=O)c4ccccc4)[C@H]4[C@@](C)(CC[C@H]5OC[C@]54OC(C)=O)[C@@H]2O1)C3(C)C. The molecule has 2 bridgehead atoms. The third-order valence-corrected chi connectivity index (χ3v) is 13.8. The second-order valence-corrected chi connectivity index (χ2v) is 17.9. The quantitative estimate of drug-likeness (QED) is 0.162. The van der Waals surface area contributed by atoms with Crippen molar-refractivity contribution in [3.05, 3.63) is 95.6 Å². The number of esters is 3. The lowest BCUT2D eigenvalue weighted by Crippen LogP contribution is -2.79. The lowest BCUT2D eigenvalue weighted by atomic mass is 9.45. The van der Waals surface area contributed by atoms with Gasteiger partial charge < -0.3 is 44.0 Å². The number of aliphatic hydroxyl groups is 2. The number of carbonyl (C=O) groups excluding carboxylic acids is 4. The minimum atomic E-state index is -3.85.